The van der Waals surface area contributed by atoms with E-state index in [0.717, 1.165) is 5.75 Å². The maximum atomic E-state index is 5.90. The van der Waals surface area contributed by atoms with E-state index >= 15 is 0 Å². The van der Waals surface area contributed by atoms with Crippen molar-refractivity contribution in [2.45, 2.75) is 26.2 Å². The van der Waals surface area contributed by atoms with Gasteiger partial charge < -0.3 is 9.47 Å². The molecule has 2 aromatic rings. The van der Waals surface area contributed by atoms with Crippen molar-refractivity contribution in [2.75, 3.05) is 13.9 Å². The van der Waals surface area contributed by atoms with Gasteiger partial charge in [0.2, 0.25) is 0 Å². The highest BCUT2D eigenvalue weighted by Crippen LogP contribution is 2.33. The summed E-state index contributed by atoms with van der Waals surface area (Å²) in [6.07, 6.45) is 0. The molecule has 21 heavy (non-hydrogen) atoms. The Bertz CT molecular complexity index is 574. The van der Waals surface area contributed by atoms with Crippen molar-refractivity contribution in [2.24, 2.45) is 0 Å². The second kappa shape index (κ2) is 7.06. The van der Waals surface area contributed by atoms with Gasteiger partial charge in [0.1, 0.15) is 5.75 Å². The molecule has 0 aromatic heterocycles. The first kappa shape index (κ1) is 16.0. The Labute approximate surface area is 129 Å². The summed E-state index contributed by atoms with van der Waals surface area (Å²) in [4.78, 5) is 0. The van der Waals surface area contributed by atoms with E-state index in [9.17, 15) is 0 Å². The molecule has 0 amide bonds. The minimum atomic E-state index is 0.0419. The average molecular weight is 302 g/mol. The fraction of sp³-hybridized carbons (Fsp3) is 0.333. The second-order valence-corrected chi connectivity index (χ2v) is 7.34. The highest BCUT2D eigenvalue weighted by Gasteiger charge is 2.21. The van der Waals surface area contributed by atoms with E-state index in [1.807, 2.05) is 6.07 Å². The van der Waals surface area contributed by atoms with Gasteiger partial charge in [-0.05, 0) is 10.7 Å². The monoisotopic (exact) mass is 302 g/mol. The van der Waals surface area contributed by atoms with E-state index in [2.05, 4.69) is 63.2 Å². The Hall–Kier alpha value is -1.37. The maximum Gasteiger partial charge on any atom is 0.188 e. The zero-order valence-electron chi connectivity index (χ0n) is 13.1. The zero-order valence-corrected chi connectivity index (χ0v) is 14.1. The number of benzene rings is 2. The van der Waals surface area contributed by atoms with Gasteiger partial charge >= 0.3 is 0 Å². The highest BCUT2D eigenvalue weighted by molar-refractivity contribution is 7.55. The number of para-hydroxylation sites is 1. The summed E-state index contributed by atoms with van der Waals surface area (Å²) in [6, 6.07) is 16.9. The molecule has 2 aromatic carbocycles. The largest absolute Gasteiger partial charge is 0.467 e. The first-order chi connectivity index (χ1) is 10.0. The predicted octanol–water partition coefficient (Wildman–Crippen LogP) is 3.60. The van der Waals surface area contributed by atoms with Gasteiger partial charge in [-0.25, -0.2) is 0 Å². The lowest BCUT2D eigenvalue weighted by molar-refractivity contribution is 0.0506. The predicted molar refractivity (Wildman–Crippen MR) is 91.7 cm³/mol. The van der Waals surface area contributed by atoms with Gasteiger partial charge in [0.15, 0.2) is 6.79 Å². The molecule has 0 saturated heterocycles. The van der Waals surface area contributed by atoms with Crippen molar-refractivity contribution < 1.29 is 9.47 Å². The lowest BCUT2D eigenvalue weighted by Gasteiger charge is -2.24. The van der Waals surface area contributed by atoms with Crippen LogP contribution in [0, 0.1) is 0 Å². The number of hydrogen-bond acceptors (Lipinski definition) is 2. The summed E-state index contributed by atoms with van der Waals surface area (Å²) in [7, 11) is 2.23. The van der Waals surface area contributed by atoms with Crippen LogP contribution in [0.1, 0.15) is 26.3 Å². The highest BCUT2D eigenvalue weighted by atomic mass is 31.1. The molecular weight excluding hydrogens is 279 g/mol. The van der Waals surface area contributed by atoms with Crippen molar-refractivity contribution in [1.82, 2.24) is 0 Å². The normalized spacial score (nSPS) is 12.0. The lowest BCUT2D eigenvalue weighted by Crippen LogP contribution is -2.19. The first-order valence-corrected chi connectivity index (χ1v) is 8.09. The van der Waals surface area contributed by atoms with Crippen molar-refractivity contribution in [1.29, 1.82) is 0 Å². The quantitative estimate of drug-likeness (QED) is 0.620. The first-order valence-electron chi connectivity index (χ1n) is 7.09. The molecule has 2 nitrogen and oxygen atoms in total. The smallest absolute Gasteiger partial charge is 0.188 e. The third-order valence-electron chi connectivity index (χ3n) is 3.20. The van der Waals surface area contributed by atoms with E-state index in [-0.39, 0.29) is 12.2 Å². The molecule has 0 radical (unpaired) electrons. The van der Waals surface area contributed by atoms with Crippen molar-refractivity contribution in [3.63, 3.8) is 0 Å². The molecule has 0 saturated carbocycles. The summed E-state index contributed by atoms with van der Waals surface area (Å²) < 4.78 is 11.0. The number of methoxy groups -OCH3 is 1. The van der Waals surface area contributed by atoms with Gasteiger partial charge in [-0.1, -0.05) is 77.9 Å². The lowest BCUT2D eigenvalue weighted by atomic mass is 9.86. The van der Waals surface area contributed by atoms with Crippen molar-refractivity contribution in [3.05, 3.63) is 54.1 Å². The molecule has 0 aliphatic carbocycles. The Morgan fingerprint density at radius 1 is 0.952 bits per heavy atom. The van der Waals surface area contributed by atoms with Crippen LogP contribution < -0.4 is 15.3 Å². The molecular formula is C18H23O2P. The van der Waals surface area contributed by atoms with E-state index in [0.29, 0.717) is 8.58 Å². The Kier molecular flexibility index (Phi) is 5.39. The molecule has 0 fully saturated rings. The third kappa shape index (κ3) is 4.30. The number of rotatable bonds is 5. The minimum absolute atomic E-state index is 0.0419. The summed E-state index contributed by atoms with van der Waals surface area (Å²) >= 11 is 0. The van der Waals surface area contributed by atoms with Crippen LogP contribution in [0.5, 0.6) is 5.75 Å². The summed E-state index contributed by atoms with van der Waals surface area (Å²) in [5, 5.41) is 2.54. The van der Waals surface area contributed by atoms with Gasteiger partial charge in [-0.2, -0.15) is 0 Å². The van der Waals surface area contributed by atoms with Gasteiger partial charge in [0.05, 0.1) is 0 Å². The van der Waals surface area contributed by atoms with Crippen LogP contribution in [0.15, 0.2) is 48.5 Å². The van der Waals surface area contributed by atoms with Crippen LogP contribution in [0.2, 0.25) is 0 Å². The summed E-state index contributed by atoms with van der Waals surface area (Å²) in [5.74, 6) is 0.967. The van der Waals surface area contributed by atoms with E-state index in [4.69, 9.17) is 9.47 Å². The summed E-state index contributed by atoms with van der Waals surface area (Å²) in [5.41, 5.74) is 1.26. The standard InChI is InChI=1S/C18H23O2P/c1-18(2,3)15-11-8-12-16(17(15)20-13-19-4)21-14-9-6-5-7-10-14/h5-12,21H,13H2,1-4H3. The van der Waals surface area contributed by atoms with E-state index in [1.165, 1.54) is 16.2 Å². The van der Waals surface area contributed by atoms with E-state index < -0.39 is 0 Å². The molecule has 0 heterocycles. The average Bonchev–Trinajstić information content (AvgIpc) is 2.46. The number of hydrogen-bond donors (Lipinski definition) is 0. The second-order valence-electron chi connectivity index (χ2n) is 5.97. The molecule has 0 aliphatic rings. The van der Waals surface area contributed by atoms with Gasteiger partial charge in [0.25, 0.3) is 0 Å². The Balaban J connectivity index is 2.39. The number of ether oxygens (including phenoxy) is 2. The van der Waals surface area contributed by atoms with Crippen molar-refractivity contribution in [3.8, 4) is 5.75 Å². The maximum absolute atomic E-state index is 5.90. The van der Waals surface area contributed by atoms with Crippen LogP contribution in [0.25, 0.3) is 0 Å². The minimum Gasteiger partial charge on any atom is -0.467 e. The molecule has 0 bridgehead atoms. The Morgan fingerprint density at radius 3 is 2.29 bits per heavy atom. The fourth-order valence-electron chi connectivity index (χ4n) is 2.18. The van der Waals surface area contributed by atoms with Gasteiger partial charge in [0, 0.05) is 18.0 Å². The van der Waals surface area contributed by atoms with E-state index in [1.54, 1.807) is 7.11 Å². The molecule has 0 spiro atoms. The molecule has 3 heteroatoms. The van der Waals surface area contributed by atoms with Crippen LogP contribution in [-0.4, -0.2) is 13.9 Å². The topological polar surface area (TPSA) is 18.5 Å². The SMILES string of the molecule is COCOc1c(Pc2ccccc2)cccc1C(C)(C)C. The van der Waals surface area contributed by atoms with Crippen LogP contribution in [-0.2, 0) is 10.2 Å². The van der Waals surface area contributed by atoms with Gasteiger partial charge in [-0.3, -0.25) is 0 Å². The third-order valence-corrected chi connectivity index (χ3v) is 4.48. The summed E-state index contributed by atoms with van der Waals surface area (Å²) in [6.45, 7) is 6.89. The fourth-order valence-corrected chi connectivity index (χ4v) is 3.35. The van der Waals surface area contributed by atoms with Crippen LogP contribution in [0.3, 0.4) is 0 Å². The molecule has 112 valence electrons. The molecule has 1 unspecified atom stereocenters. The molecule has 2 rings (SSSR count). The molecule has 0 aliphatic heterocycles. The van der Waals surface area contributed by atoms with Crippen molar-refractivity contribution >= 4 is 19.2 Å². The molecule has 1 atom stereocenters. The van der Waals surface area contributed by atoms with Crippen LogP contribution >= 0.6 is 8.58 Å². The van der Waals surface area contributed by atoms with Crippen LogP contribution in [0.4, 0.5) is 0 Å². The molecule has 0 N–H and O–H groups in total. The van der Waals surface area contributed by atoms with Gasteiger partial charge in [-0.15, -0.1) is 0 Å². The zero-order chi connectivity index (χ0) is 15.3. The Morgan fingerprint density at radius 2 is 1.67 bits per heavy atom.